The molecule has 0 aliphatic rings. The summed E-state index contributed by atoms with van der Waals surface area (Å²) in [6, 6.07) is 10.4. The van der Waals surface area contributed by atoms with Crippen molar-refractivity contribution in [2.24, 2.45) is 5.41 Å². The van der Waals surface area contributed by atoms with Gasteiger partial charge in [0.25, 0.3) is 0 Å². The van der Waals surface area contributed by atoms with E-state index < -0.39 is 23.0 Å². The minimum atomic E-state index is -1.37. The van der Waals surface area contributed by atoms with Crippen LogP contribution in [0.25, 0.3) is 0 Å². The summed E-state index contributed by atoms with van der Waals surface area (Å²) in [7, 11) is 0. The van der Waals surface area contributed by atoms with Crippen molar-refractivity contribution in [1.29, 1.82) is 0 Å². The molecule has 0 saturated carbocycles. The number of hydrogen-bond acceptors (Lipinski definition) is 2. The molecule has 7 heteroatoms. The third-order valence-electron chi connectivity index (χ3n) is 3.40. The highest BCUT2D eigenvalue weighted by Crippen LogP contribution is 2.24. The number of anilines is 2. The van der Waals surface area contributed by atoms with E-state index in [-0.39, 0.29) is 5.02 Å². The number of hydrogen-bond donors (Lipinski definition) is 2. The van der Waals surface area contributed by atoms with Crippen LogP contribution < -0.4 is 10.6 Å². The van der Waals surface area contributed by atoms with Crippen LogP contribution in [0.3, 0.4) is 0 Å². The van der Waals surface area contributed by atoms with E-state index in [4.69, 9.17) is 23.2 Å². The molecule has 2 N–H and O–H groups in total. The van der Waals surface area contributed by atoms with Gasteiger partial charge in [0.1, 0.15) is 11.2 Å². The summed E-state index contributed by atoms with van der Waals surface area (Å²) < 4.78 is 13.2. The highest BCUT2D eigenvalue weighted by molar-refractivity contribution is 6.31. The van der Waals surface area contributed by atoms with Crippen molar-refractivity contribution in [3.8, 4) is 0 Å². The van der Waals surface area contributed by atoms with Gasteiger partial charge in [-0.2, -0.15) is 0 Å². The van der Waals surface area contributed by atoms with Crippen LogP contribution in [0.1, 0.15) is 13.8 Å². The predicted molar refractivity (Wildman–Crippen MR) is 93.9 cm³/mol. The molecule has 0 saturated heterocycles. The van der Waals surface area contributed by atoms with E-state index in [2.05, 4.69) is 10.6 Å². The Bertz CT molecular complexity index is 794. The lowest BCUT2D eigenvalue weighted by atomic mass is 9.90. The zero-order valence-corrected chi connectivity index (χ0v) is 14.5. The molecule has 0 fully saturated rings. The molecule has 0 spiro atoms. The monoisotopic (exact) mass is 368 g/mol. The minimum absolute atomic E-state index is 0.117. The van der Waals surface area contributed by atoms with Crippen molar-refractivity contribution in [2.75, 3.05) is 10.6 Å². The summed E-state index contributed by atoms with van der Waals surface area (Å²) in [4.78, 5) is 24.8. The van der Waals surface area contributed by atoms with Crippen LogP contribution in [0.15, 0.2) is 42.5 Å². The van der Waals surface area contributed by atoms with Gasteiger partial charge in [0, 0.05) is 16.4 Å². The first-order chi connectivity index (χ1) is 11.2. The molecule has 24 heavy (non-hydrogen) atoms. The second-order valence-corrected chi connectivity index (χ2v) is 6.52. The molecule has 0 aliphatic heterocycles. The predicted octanol–water partition coefficient (Wildman–Crippen LogP) is 4.74. The van der Waals surface area contributed by atoms with Gasteiger partial charge in [-0.3, -0.25) is 9.59 Å². The van der Waals surface area contributed by atoms with Crippen LogP contribution in [0.2, 0.25) is 10.0 Å². The Hall–Kier alpha value is -2.11. The molecular formula is C17H15Cl2FN2O2. The number of halogens is 3. The van der Waals surface area contributed by atoms with Crippen LogP contribution in [0, 0.1) is 11.2 Å². The Balaban J connectivity index is 2.11. The second kappa shape index (κ2) is 7.20. The summed E-state index contributed by atoms with van der Waals surface area (Å²) in [5.74, 6) is -1.65. The number of amides is 2. The number of nitrogens with one attached hydrogen (secondary N) is 2. The summed E-state index contributed by atoms with van der Waals surface area (Å²) in [6.45, 7) is 2.96. The molecule has 4 nitrogen and oxygen atoms in total. The Morgan fingerprint density at radius 1 is 0.958 bits per heavy atom. The zero-order valence-electron chi connectivity index (χ0n) is 13.0. The molecular weight excluding hydrogens is 354 g/mol. The molecule has 0 atom stereocenters. The van der Waals surface area contributed by atoms with Gasteiger partial charge in [-0.15, -0.1) is 0 Å². The number of carbonyl (C=O) groups is 2. The smallest absolute Gasteiger partial charge is 0.239 e. The summed E-state index contributed by atoms with van der Waals surface area (Å²) in [6.07, 6.45) is 0. The van der Waals surface area contributed by atoms with Crippen molar-refractivity contribution in [3.63, 3.8) is 0 Å². The highest BCUT2D eigenvalue weighted by atomic mass is 35.5. The van der Waals surface area contributed by atoms with Gasteiger partial charge < -0.3 is 10.6 Å². The highest BCUT2D eigenvalue weighted by Gasteiger charge is 2.36. The molecule has 2 aromatic carbocycles. The van der Waals surface area contributed by atoms with Gasteiger partial charge >= 0.3 is 0 Å². The second-order valence-electron chi connectivity index (χ2n) is 5.67. The fourth-order valence-corrected chi connectivity index (χ4v) is 2.19. The number of rotatable bonds is 4. The normalized spacial score (nSPS) is 11.0. The Morgan fingerprint density at radius 3 is 2.08 bits per heavy atom. The van der Waals surface area contributed by atoms with Crippen LogP contribution in [0.4, 0.5) is 15.8 Å². The van der Waals surface area contributed by atoms with E-state index >= 15 is 0 Å². The van der Waals surface area contributed by atoms with Gasteiger partial charge in [0.15, 0.2) is 0 Å². The van der Waals surface area contributed by atoms with E-state index in [0.29, 0.717) is 16.4 Å². The Kier molecular flexibility index (Phi) is 5.47. The van der Waals surface area contributed by atoms with Crippen LogP contribution in [0.5, 0.6) is 0 Å². The first-order valence-corrected chi connectivity index (χ1v) is 7.79. The summed E-state index contributed by atoms with van der Waals surface area (Å²) in [5, 5.41) is 5.54. The first kappa shape index (κ1) is 18.2. The molecule has 126 valence electrons. The molecule has 2 amide bonds. The van der Waals surface area contributed by atoms with E-state index in [0.717, 1.165) is 6.07 Å². The Labute approximate surface area is 149 Å². The minimum Gasteiger partial charge on any atom is -0.325 e. The topological polar surface area (TPSA) is 58.2 Å². The standard InChI is InChI=1S/C17H15Cl2FN2O2/c1-17(2,15(23)21-11-5-3-4-10(18)8-11)16(24)22-12-6-7-14(20)13(19)9-12/h3-9H,1-2H3,(H,21,23)(H,22,24). The lowest BCUT2D eigenvalue weighted by Crippen LogP contribution is -2.41. The maximum Gasteiger partial charge on any atom is 0.239 e. The van der Waals surface area contributed by atoms with E-state index in [1.54, 1.807) is 24.3 Å². The fraction of sp³-hybridized carbons (Fsp3) is 0.176. The van der Waals surface area contributed by atoms with Gasteiger partial charge in [-0.1, -0.05) is 29.3 Å². The average molecular weight is 369 g/mol. The van der Waals surface area contributed by atoms with Crippen molar-refractivity contribution in [1.82, 2.24) is 0 Å². The van der Waals surface area contributed by atoms with E-state index in [1.807, 2.05) is 0 Å². The molecule has 0 radical (unpaired) electrons. The molecule has 0 heterocycles. The average Bonchev–Trinajstić information content (AvgIpc) is 2.50. The van der Waals surface area contributed by atoms with Gasteiger partial charge in [-0.05, 0) is 50.2 Å². The lowest BCUT2D eigenvalue weighted by molar-refractivity contribution is -0.135. The van der Waals surface area contributed by atoms with Crippen molar-refractivity contribution in [3.05, 3.63) is 58.3 Å². The fourth-order valence-electron chi connectivity index (χ4n) is 1.82. The van der Waals surface area contributed by atoms with Crippen molar-refractivity contribution < 1.29 is 14.0 Å². The molecule has 0 aliphatic carbocycles. The van der Waals surface area contributed by atoms with Crippen LogP contribution >= 0.6 is 23.2 Å². The largest absolute Gasteiger partial charge is 0.325 e. The summed E-state index contributed by atoms with van der Waals surface area (Å²) >= 11 is 11.5. The van der Waals surface area contributed by atoms with E-state index in [9.17, 15) is 14.0 Å². The van der Waals surface area contributed by atoms with Gasteiger partial charge in [-0.25, -0.2) is 4.39 Å². The van der Waals surface area contributed by atoms with Crippen LogP contribution in [-0.2, 0) is 9.59 Å². The SMILES string of the molecule is CC(C)(C(=O)Nc1cccc(Cl)c1)C(=O)Nc1ccc(F)c(Cl)c1. The number of carbonyl (C=O) groups excluding carboxylic acids is 2. The Morgan fingerprint density at radius 2 is 1.54 bits per heavy atom. The molecule has 0 unspecified atom stereocenters. The molecule has 0 bridgehead atoms. The molecule has 2 rings (SSSR count). The van der Waals surface area contributed by atoms with Gasteiger partial charge in [0.2, 0.25) is 11.8 Å². The summed E-state index contributed by atoms with van der Waals surface area (Å²) in [5.41, 5.74) is -0.586. The van der Waals surface area contributed by atoms with E-state index in [1.165, 1.54) is 26.0 Å². The maximum absolute atomic E-state index is 13.2. The molecule has 0 aromatic heterocycles. The molecule has 2 aromatic rings. The maximum atomic E-state index is 13.2. The van der Waals surface area contributed by atoms with Gasteiger partial charge in [0.05, 0.1) is 5.02 Å². The third-order valence-corrected chi connectivity index (χ3v) is 3.92. The number of benzene rings is 2. The first-order valence-electron chi connectivity index (χ1n) is 7.03. The quantitative estimate of drug-likeness (QED) is 0.765. The third kappa shape index (κ3) is 4.24. The van der Waals surface area contributed by atoms with Crippen LogP contribution in [-0.4, -0.2) is 11.8 Å². The lowest BCUT2D eigenvalue weighted by Gasteiger charge is -2.23. The zero-order chi connectivity index (χ0) is 17.9. The van der Waals surface area contributed by atoms with Crippen molar-refractivity contribution >= 4 is 46.4 Å². The van der Waals surface area contributed by atoms with Crippen molar-refractivity contribution in [2.45, 2.75) is 13.8 Å².